The van der Waals surface area contributed by atoms with E-state index in [2.05, 4.69) is 43.4 Å². The van der Waals surface area contributed by atoms with Crippen LogP contribution in [-0.4, -0.2) is 24.7 Å². The predicted octanol–water partition coefficient (Wildman–Crippen LogP) is 5.90. The van der Waals surface area contributed by atoms with Crippen molar-refractivity contribution in [3.8, 4) is 0 Å². The first kappa shape index (κ1) is 21.5. The molecule has 5 heteroatoms. The Hall–Kier alpha value is -3.37. The lowest BCUT2D eigenvalue weighted by atomic mass is 9.90. The van der Waals surface area contributed by atoms with Crippen LogP contribution < -0.4 is 10.2 Å². The molecule has 0 saturated heterocycles. The molecule has 1 unspecified atom stereocenters. The molecule has 0 aliphatic carbocycles. The fourth-order valence-electron chi connectivity index (χ4n) is 4.56. The van der Waals surface area contributed by atoms with E-state index in [0.29, 0.717) is 29.7 Å². The number of hydrogen-bond acceptors (Lipinski definition) is 3. The molecule has 0 saturated carbocycles. The molecule has 2 aliphatic heterocycles. The molecule has 0 fully saturated rings. The summed E-state index contributed by atoms with van der Waals surface area (Å²) in [5.41, 5.74) is 6.55. The molecule has 0 aromatic heterocycles. The van der Waals surface area contributed by atoms with Gasteiger partial charge in [0.15, 0.2) is 0 Å². The maximum atomic E-state index is 13.8. The van der Waals surface area contributed by atoms with Crippen LogP contribution in [0.1, 0.15) is 42.5 Å². The van der Waals surface area contributed by atoms with Crippen molar-refractivity contribution in [1.29, 1.82) is 0 Å². The Morgan fingerprint density at radius 1 is 0.970 bits per heavy atom. The summed E-state index contributed by atoms with van der Waals surface area (Å²) in [6.45, 7) is 5.59. The Morgan fingerprint density at radius 2 is 1.67 bits per heavy atom. The van der Waals surface area contributed by atoms with Crippen LogP contribution in [0.25, 0.3) is 0 Å². The number of carbonyl (C=O) groups excluding carboxylic acids is 1. The standard InChI is InChI=1S/C28H26ClN3O/c1-18(2)19-8-10-21(11-9-19)27-24-25(20-12-14-22(29)15-13-20)30-16-17-31-26(24)28(33)32(27)23-6-4-3-5-7-23/h3-15,18,27,31H,16-17H2,1-2H3. The molecule has 3 aromatic carbocycles. The van der Waals surface area contributed by atoms with Crippen molar-refractivity contribution in [2.45, 2.75) is 25.8 Å². The lowest BCUT2D eigenvalue weighted by Gasteiger charge is -2.28. The minimum Gasteiger partial charge on any atom is -0.378 e. The average molecular weight is 456 g/mol. The lowest BCUT2D eigenvalue weighted by Crippen LogP contribution is -2.33. The lowest BCUT2D eigenvalue weighted by molar-refractivity contribution is -0.115. The monoisotopic (exact) mass is 455 g/mol. The van der Waals surface area contributed by atoms with E-state index in [-0.39, 0.29) is 11.9 Å². The molecule has 1 atom stereocenters. The van der Waals surface area contributed by atoms with E-state index < -0.39 is 0 Å². The van der Waals surface area contributed by atoms with Crippen LogP contribution in [-0.2, 0) is 4.79 Å². The second-order valence-electron chi connectivity index (χ2n) is 8.69. The topological polar surface area (TPSA) is 44.7 Å². The number of hydrogen-bond donors (Lipinski definition) is 1. The molecule has 166 valence electrons. The van der Waals surface area contributed by atoms with Crippen LogP contribution in [0.4, 0.5) is 5.69 Å². The second-order valence-corrected chi connectivity index (χ2v) is 9.12. The van der Waals surface area contributed by atoms with Crippen LogP contribution in [0.15, 0.2) is 95.1 Å². The molecule has 0 radical (unpaired) electrons. The van der Waals surface area contributed by atoms with Gasteiger partial charge in [-0.15, -0.1) is 0 Å². The van der Waals surface area contributed by atoms with E-state index in [0.717, 1.165) is 28.1 Å². The third-order valence-corrected chi connectivity index (χ3v) is 6.50. The highest BCUT2D eigenvalue weighted by Crippen LogP contribution is 2.42. The highest BCUT2D eigenvalue weighted by Gasteiger charge is 2.43. The number of aliphatic imine (C=N–C) groups is 1. The first-order chi connectivity index (χ1) is 16.0. The van der Waals surface area contributed by atoms with Gasteiger partial charge in [0, 0.05) is 28.4 Å². The number of para-hydroxylation sites is 1. The summed E-state index contributed by atoms with van der Waals surface area (Å²) in [7, 11) is 0. The Bertz CT molecular complexity index is 1230. The Balaban J connectivity index is 1.70. The normalized spacial score (nSPS) is 18.2. The molecular formula is C28H26ClN3O. The zero-order valence-corrected chi connectivity index (χ0v) is 19.5. The maximum Gasteiger partial charge on any atom is 0.275 e. The van der Waals surface area contributed by atoms with Gasteiger partial charge in [-0.3, -0.25) is 14.7 Å². The summed E-state index contributed by atoms with van der Waals surface area (Å²) in [6, 6.07) is 25.9. The van der Waals surface area contributed by atoms with E-state index >= 15 is 0 Å². The Morgan fingerprint density at radius 3 is 2.33 bits per heavy atom. The van der Waals surface area contributed by atoms with Gasteiger partial charge in [-0.05, 0) is 41.3 Å². The molecule has 4 nitrogen and oxygen atoms in total. The minimum absolute atomic E-state index is 0.0299. The number of anilines is 1. The molecule has 1 amide bonds. The molecular weight excluding hydrogens is 430 g/mol. The minimum atomic E-state index is -0.281. The first-order valence-corrected chi connectivity index (χ1v) is 11.7. The number of nitrogens with zero attached hydrogens (tertiary/aromatic N) is 2. The quantitative estimate of drug-likeness (QED) is 0.532. The SMILES string of the molecule is CC(C)c1ccc(C2C3=C(NCCN=C3c3ccc(Cl)cc3)C(=O)N2c2ccccc2)cc1. The van der Waals surface area contributed by atoms with Crippen molar-refractivity contribution >= 4 is 28.9 Å². The largest absolute Gasteiger partial charge is 0.378 e. The van der Waals surface area contributed by atoms with E-state index in [1.165, 1.54) is 5.56 Å². The number of nitrogens with one attached hydrogen (secondary N) is 1. The molecule has 0 bridgehead atoms. The summed E-state index contributed by atoms with van der Waals surface area (Å²) >= 11 is 6.16. The average Bonchev–Trinajstić information content (AvgIpc) is 2.97. The van der Waals surface area contributed by atoms with Gasteiger partial charge in [0.2, 0.25) is 0 Å². The fourth-order valence-corrected chi connectivity index (χ4v) is 4.69. The highest BCUT2D eigenvalue weighted by molar-refractivity contribution is 6.31. The van der Waals surface area contributed by atoms with Crippen molar-refractivity contribution in [2.75, 3.05) is 18.0 Å². The van der Waals surface area contributed by atoms with Crippen molar-refractivity contribution in [3.63, 3.8) is 0 Å². The second kappa shape index (κ2) is 8.87. The van der Waals surface area contributed by atoms with Gasteiger partial charge in [0.1, 0.15) is 5.70 Å². The van der Waals surface area contributed by atoms with Gasteiger partial charge in [0.25, 0.3) is 5.91 Å². The molecule has 1 N–H and O–H groups in total. The summed E-state index contributed by atoms with van der Waals surface area (Å²) < 4.78 is 0. The van der Waals surface area contributed by atoms with E-state index in [1.807, 2.05) is 59.5 Å². The first-order valence-electron chi connectivity index (χ1n) is 11.3. The zero-order valence-electron chi connectivity index (χ0n) is 18.8. The number of amides is 1. The van der Waals surface area contributed by atoms with Crippen LogP contribution in [0.3, 0.4) is 0 Å². The number of halogens is 1. The van der Waals surface area contributed by atoms with Crippen molar-refractivity contribution in [3.05, 3.63) is 112 Å². The molecule has 3 aromatic rings. The molecule has 2 heterocycles. The number of rotatable bonds is 4. The number of carbonyl (C=O) groups is 1. The zero-order chi connectivity index (χ0) is 22.9. The Labute approximate surface area is 199 Å². The van der Waals surface area contributed by atoms with Crippen molar-refractivity contribution in [1.82, 2.24) is 5.32 Å². The summed E-state index contributed by atoms with van der Waals surface area (Å²) in [5.74, 6) is 0.410. The van der Waals surface area contributed by atoms with Gasteiger partial charge < -0.3 is 5.32 Å². The van der Waals surface area contributed by atoms with E-state index in [4.69, 9.17) is 16.6 Å². The van der Waals surface area contributed by atoms with Crippen molar-refractivity contribution in [2.24, 2.45) is 4.99 Å². The predicted molar refractivity (Wildman–Crippen MR) is 135 cm³/mol. The van der Waals surface area contributed by atoms with Crippen LogP contribution in [0.5, 0.6) is 0 Å². The third-order valence-electron chi connectivity index (χ3n) is 6.24. The van der Waals surface area contributed by atoms with Crippen LogP contribution in [0.2, 0.25) is 5.02 Å². The van der Waals surface area contributed by atoms with Crippen LogP contribution in [0, 0.1) is 0 Å². The van der Waals surface area contributed by atoms with Gasteiger partial charge in [-0.2, -0.15) is 0 Å². The molecule has 33 heavy (non-hydrogen) atoms. The smallest absolute Gasteiger partial charge is 0.275 e. The van der Waals surface area contributed by atoms with Crippen LogP contribution >= 0.6 is 11.6 Å². The Kier molecular flexibility index (Phi) is 5.77. The summed E-state index contributed by atoms with van der Waals surface area (Å²) in [6.07, 6.45) is 0. The van der Waals surface area contributed by atoms with E-state index in [9.17, 15) is 4.79 Å². The summed E-state index contributed by atoms with van der Waals surface area (Å²) in [4.78, 5) is 20.6. The maximum absolute atomic E-state index is 13.8. The number of benzene rings is 3. The third kappa shape index (κ3) is 3.96. The molecule has 2 aliphatic rings. The summed E-state index contributed by atoms with van der Waals surface area (Å²) in [5, 5.41) is 4.06. The highest BCUT2D eigenvalue weighted by atomic mass is 35.5. The van der Waals surface area contributed by atoms with Gasteiger partial charge in [-0.1, -0.05) is 80.0 Å². The van der Waals surface area contributed by atoms with Gasteiger partial charge >= 0.3 is 0 Å². The molecule has 0 spiro atoms. The fraction of sp³-hybridized carbons (Fsp3) is 0.214. The van der Waals surface area contributed by atoms with Gasteiger partial charge in [0.05, 0.1) is 18.3 Å². The molecule has 5 rings (SSSR count). The van der Waals surface area contributed by atoms with Crippen molar-refractivity contribution < 1.29 is 4.79 Å². The van der Waals surface area contributed by atoms with Gasteiger partial charge in [-0.25, -0.2) is 0 Å². The van der Waals surface area contributed by atoms with E-state index in [1.54, 1.807) is 0 Å².